The fraction of sp³-hybridized carbons (Fsp3) is 0.333. The molecule has 2 heteroatoms. The van der Waals surface area contributed by atoms with Crippen LogP contribution in [-0.4, -0.2) is 5.11 Å². The number of halogens is 1. The SMILES string of the molecule is CCc1cccc(C(O)C(C)(C)c2ccc(F)cc2)c1. The minimum absolute atomic E-state index is 0.257. The second-order valence-electron chi connectivity index (χ2n) is 5.73. The van der Waals surface area contributed by atoms with Crippen LogP contribution >= 0.6 is 0 Å². The highest BCUT2D eigenvalue weighted by atomic mass is 19.1. The van der Waals surface area contributed by atoms with Crippen molar-refractivity contribution in [2.45, 2.75) is 38.7 Å². The van der Waals surface area contributed by atoms with Crippen LogP contribution in [0.3, 0.4) is 0 Å². The summed E-state index contributed by atoms with van der Waals surface area (Å²) in [6.07, 6.45) is 0.317. The highest BCUT2D eigenvalue weighted by Gasteiger charge is 2.31. The van der Waals surface area contributed by atoms with Crippen molar-refractivity contribution in [2.75, 3.05) is 0 Å². The van der Waals surface area contributed by atoms with Crippen LogP contribution in [0.25, 0.3) is 0 Å². The predicted molar refractivity (Wildman–Crippen MR) is 80.2 cm³/mol. The van der Waals surface area contributed by atoms with E-state index in [0.29, 0.717) is 0 Å². The topological polar surface area (TPSA) is 20.2 Å². The van der Waals surface area contributed by atoms with E-state index in [1.54, 1.807) is 12.1 Å². The van der Waals surface area contributed by atoms with Crippen molar-refractivity contribution in [3.63, 3.8) is 0 Å². The first-order valence-electron chi connectivity index (χ1n) is 6.98. The summed E-state index contributed by atoms with van der Waals surface area (Å²) in [5.41, 5.74) is 2.56. The molecule has 106 valence electrons. The zero-order valence-corrected chi connectivity index (χ0v) is 12.2. The van der Waals surface area contributed by atoms with Gasteiger partial charge in [0.2, 0.25) is 0 Å². The molecule has 0 aliphatic carbocycles. The third-order valence-electron chi connectivity index (χ3n) is 3.95. The van der Waals surface area contributed by atoms with Gasteiger partial charge in [0.05, 0.1) is 6.10 Å². The lowest BCUT2D eigenvalue weighted by molar-refractivity contribution is 0.100. The number of hydrogen-bond donors (Lipinski definition) is 1. The Kier molecular flexibility index (Phi) is 4.24. The maximum absolute atomic E-state index is 13.0. The van der Waals surface area contributed by atoms with Gasteiger partial charge in [0.1, 0.15) is 5.82 Å². The van der Waals surface area contributed by atoms with Gasteiger partial charge < -0.3 is 5.11 Å². The van der Waals surface area contributed by atoms with Crippen LogP contribution in [0.5, 0.6) is 0 Å². The van der Waals surface area contributed by atoms with Gasteiger partial charge in [-0.3, -0.25) is 0 Å². The molecule has 0 amide bonds. The maximum Gasteiger partial charge on any atom is 0.123 e. The highest BCUT2D eigenvalue weighted by molar-refractivity contribution is 5.32. The Morgan fingerprint density at radius 2 is 1.75 bits per heavy atom. The van der Waals surface area contributed by atoms with Crippen molar-refractivity contribution in [1.82, 2.24) is 0 Å². The van der Waals surface area contributed by atoms with Crippen LogP contribution in [-0.2, 0) is 11.8 Å². The summed E-state index contributed by atoms with van der Waals surface area (Å²) in [6.45, 7) is 6.05. The summed E-state index contributed by atoms with van der Waals surface area (Å²) in [7, 11) is 0. The first kappa shape index (κ1) is 14.7. The fourth-order valence-corrected chi connectivity index (χ4v) is 2.44. The van der Waals surface area contributed by atoms with E-state index in [-0.39, 0.29) is 5.82 Å². The first-order chi connectivity index (χ1) is 9.45. The Morgan fingerprint density at radius 1 is 1.10 bits per heavy atom. The van der Waals surface area contributed by atoms with Crippen LogP contribution in [0.2, 0.25) is 0 Å². The normalized spacial score (nSPS) is 13.2. The molecule has 2 aromatic carbocycles. The van der Waals surface area contributed by atoms with E-state index in [4.69, 9.17) is 0 Å². The molecular formula is C18H21FO. The lowest BCUT2D eigenvalue weighted by atomic mass is 9.76. The van der Waals surface area contributed by atoms with E-state index in [2.05, 4.69) is 13.0 Å². The zero-order chi connectivity index (χ0) is 14.8. The Morgan fingerprint density at radius 3 is 2.35 bits per heavy atom. The van der Waals surface area contributed by atoms with Crippen molar-refractivity contribution in [1.29, 1.82) is 0 Å². The first-order valence-corrected chi connectivity index (χ1v) is 6.98. The standard InChI is InChI=1S/C18H21FO/c1-4-13-6-5-7-14(12-13)17(20)18(2,3)15-8-10-16(19)11-9-15/h5-12,17,20H,4H2,1-3H3. The predicted octanol–water partition coefficient (Wildman–Crippen LogP) is 4.40. The van der Waals surface area contributed by atoms with Crippen LogP contribution in [0.1, 0.15) is 43.6 Å². The second-order valence-corrected chi connectivity index (χ2v) is 5.73. The van der Waals surface area contributed by atoms with Crippen LogP contribution in [0.15, 0.2) is 48.5 Å². The summed E-state index contributed by atoms with van der Waals surface area (Å²) in [5, 5.41) is 10.7. The number of aliphatic hydroxyl groups excluding tert-OH is 1. The Balaban J connectivity index is 2.34. The number of aryl methyl sites for hydroxylation is 1. The van der Waals surface area contributed by atoms with E-state index in [1.807, 2.05) is 32.0 Å². The third kappa shape index (κ3) is 2.91. The third-order valence-corrected chi connectivity index (χ3v) is 3.95. The molecule has 2 rings (SSSR count). The number of hydrogen-bond acceptors (Lipinski definition) is 1. The van der Waals surface area contributed by atoms with Crippen LogP contribution in [0.4, 0.5) is 4.39 Å². The zero-order valence-electron chi connectivity index (χ0n) is 12.2. The molecule has 0 heterocycles. The smallest absolute Gasteiger partial charge is 0.123 e. The molecule has 0 fully saturated rings. The molecular weight excluding hydrogens is 251 g/mol. The van der Waals surface area contributed by atoms with E-state index in [1.165, 1.54) is 17.7 Å². The van der Waals surface area contributed by atoms with Gasteiger partial charge in [-0.1, -0.05) is 57.2 Å². The molecule has 0 bridgehead atoms. The van der Waals surface area contributed by atoms with Crippen molar-refractivity contribution in [3.8, 4) is 0 Å². The number of aliphatic hydroxyl groups is 1. The second kappa shape index (κ2) is 5.76. The fourth-order valence-electron chi connectivity index (χ4n) is 2.44. The maximum atomic E-state index is 13.0. The molecule has 1 nitrogen and oxygen atoms in total. The monoisotopic (exact) mass is 272 g/mol. The molecule has 2 aromatic rings. The summed E-state index contributed by atoms with van der Waals surface area (Å²) >= 11 is 0. The molecule has 0 radical (unpaired) electrons. The number of benzene rings is 2. The number of rotatable bonds is 4. The van der Waals surface area contributed by atoms with Gasteiger partial charge in [-0.05, 0) is 35.2 Å². The lowest BCUT2D eigenvalue weighted by Gasteiger charge is -2.31. The molecule has 1 unspecified atom stereocenters. The van der Waals surface area contributed by atoms with Crippen LogP contribution in [0, 0.1) is 5.82 Å². The lowest BCUT2D eigenvalue weighted by Crippen LogP contribution is -2.26. The van der Waals surface area contributed by atoms with Gasteiger partial charge in [0, 0.05) is 5.41 Å². The minimum Gasteiger partial charge on any atom is -0.388 e. The molecule has 1 N–H and O–H groups in total. The largest absolute Gasteiger partial charge is 0.388 e. The molecule has 0 spiro atoms. The molecule has 0 aliphatic heterocycles. The molecule has 1 atom stereocenters. The molecule has 0 saturated carbocycles. The Hall–Kier alpha value is -1.67. The van der Waals surface area contributed by atoms with Crippen LogP contribution < -0.4 is 0 Å². The molecule has 0 aliphatic rings. The van der Waals surface area contributed by atoms with E-state index < -0.39 is 11.5 Å². The van der Waals surface area contributed by atoms with Crippen molar-refractivity contribution >= 4 is 0 Å². The highest BCUT2D eigenvalue weighted by Crippen LogP contribution is 2.37. The average molecular weight is 272 g/mol. The van der Waals surface area contributed by atoms with E-state index in [9.17, 15) is 9.50 Å². The Bertz CT molecular complexity index is 572. The summed E-state index contributed by atoms with van der Waals surface area (Å²) in [5.74, 6) is -0.257. The quantitative estimate of drug-likeness (QED) is 0.874. The summed E-state index contributed by atoms with van der Waals surface area (Å²) < 4.78 is 13.0. The van der Waals surface area contributed by atoms with E-state index >= 15 is 0 Å². The van der Waals surface area contributed by atoms with Gasteiger partial charge in [-0.25, -0.2) is 4.39 Å². The Labute approximate surface area is 120 Å². The molecule has 0 saturated heterocycles. The van der Waals surface area contributed by atoms with Gasteiger partial charge in [0.25, 0.3) is 0 Å². The van der Waals surface area contributed by atoms with Gasteiger partial charge in [-0.15, -0.1) is 0 Å². The average Bonchev–Trinajstić information content (AvgIpc) is 2.47. The van der Waals surface area contributed by atoms with Gasteiger partial charge in [-0.2, -0.15) is 0 Å². The van der Waals surface area contributed by atoms with Crippen molar-refractivity contribution in [3.05, 3.63) is 71.0 Å². The van der Waals surface area contributed by atoms with E-state index in [0.717, 1.165) is 17.5 Å². The molecule has 20 heavy (non-hydrogen) atoms. The van der Waals surface area contributed by atoms with Gasteiger partial charge >= 0.3 is 0 Å². The van der Waals surface area contributed by atoms with Crippen molar-refractivity contribution < 1.29 is 9.50 Å². The van der Waals surface area contributed by atoms with Crippen molar-refractivity contribution in [2.24, 2.45) is 0 Å². The minimum atomic E-state index is -0.625. The van der Waals surface area contributed by atoms with Gasteiger partial charge in [0.15, 0.2) is 0 Å². The molecule has 0 aromatic heterocycles. The summed E-state index contributed by atoms with van der Waals surface area (Å²) in [6, 6.07) is 14.4. The summed E-state index contributed by atoms with van der Waals surface area (Å²) in [4.78, 5) is 0.